The molecule has 0 atom stereocenters. The third-order valence-electron chi connectivity index (χ3n) is 4.66. The number of halogens is 1. The number of benzene rings is 3. The molecule has 1 N–H and O–H groups in total. The van der Waals surface area contributed by atoms with Crippen molar-refractivity contribution in [3.8, 4) is 17.1 Å². The fraction of sp³-hybridized carbons (Fsp3) is 0.0833. The summed E-state index contributed by atoms with van der Waals surface area (Å²) >= 11 is 7.35. The second kappa shape index (κ2) is 10.3. The number of hydrazone groups is 1. The lowest BCUT2D eigenvalue weighted by atomic mass is 10.1. The van der Waals surface area contributed by atoms with Gasteiger partial charge in [0.25, 0.3) is 5.91 Å². The molecule has 1 amide bonds. The first-order valence-corrected chi connectivity index (χ1v) is 11.3. The minimum Gasteiger partial charge on any atom is -0.272 e. The van der Waals surface area contributed by atoms with Crippen LogP contribution in [0.15, 0.2) is 89.1 Å². The highest BCUT2D eigenvalue weighted by Crippen LogP contribution is 2.28. The van der Waals surface area contributed by atoms with Crippen molar-refractivity contribution in [2.24, 2.45) is 5.10 Å². The number of nitrogens with one attached hydrogen (secondary N) is 1. The van der Waals surface area contributed by atoms with Crippen LogP contribution < -0.4 is 5.43 Å². The van der Waals surface area contributed by atoms with Gasteiger partial charge in [0.05, 0.1) is 12.0 Å². The molecule has 32 heavy (non-hydrogen) atoms. The molecular formula is C24H20ClN5OS. The van der Waals surface area contributed by atoms with Gasteiger partial charge in [-0.15, -0.1) is 10.2 Å². The summed E-state index contributed by atoms with van der Waals surface area (Å²) in [4.78, 5) is 12.3. The van der Waals surface area contributed by atoms with Crippen molar-refractivity contribution in [3.63, 3.8) is 0 Å². The molecule has 3 aromatic carbocycles. The molecule has 0 radical (unpaired) electrons. The van der Waals surface area contributed by atoms with Crippen LogP contribution in [0.5, 0.6) is 0 Å². The molecule has 4 aromatic rings. The van der Waals surface area contributed by atoms with E-state index in [2.05, 4.69) is 20.7 Å². The van der Waals surface area contributed by atoms with Gasteiger partial charge in [0.1, 0.15) is 0 Å². The summed E-state index contributed by atoms with van der Waals surface area (Å²) in [6, 6.07) is 25.0. The lowest BCUT2D eigenvalue weighted by Crippen LogP contribution is -2.20. The Hall–Kier alpha value is -3.42. The lowest BCUT2D eigenvalue weighted by molar-refractivity contribution is -0.118. The van der Waals surface area contributed by atoms with Crippen LogP contribution in [-0.4, -0.2) is 32.6 Å². The minimum atomic E-state index is -0.230. The molecule has 0 fully saturated rings. The number of hydrogen-bond acceptors (Lipinski definition) is 5. The average Bonchev–Trinajstić information content (AvgIpc) is 3.24. The van der Waals surface area contributed by atoms with Crippen LogP contribution in [0.25, 0.3) is 17.1 Å². The number of thioether (sulfide) groups is 1. The topological polar surface area (TPSA) is 72.2 Å². The Morgan fingerprint density at radius 2 is 1.75 bits per heavy atom. The van der Waals surface area contributed by atoms with Gasteiger partial charge in [-0.05, 0) is 42.3 Å². The maximum atomic E-state index is 12.3. The summed E-state index contributed by atoms with van der Waals surface area (Å²) in [7, 11) is 0. The molecule has 0 saturated heterocycles. The maximum absolute atomic E-state index is 12.3. The summed E-state index contributed by atoms with van der Waals surface area (Å²) in [6.45, 7) is 1.99. The molecule has 4 rings (SSSR count). The van der Waals surface area contributed by atoms with E-state index in [1.807, 2.05) is 90.4 Å². The van der Waals surface area contributed by atoms with Gasteiger partial charge >= 0.3 is 0 Å². The highest BCUT2D eigenvalue weighted by Gasteiger charge is 2.17. The van der Waals surface area contributed by atoms with Crippen molar-refractivity contribution in [2.45, 2.75) is 12.1 Å². The van der Waals surface area contributed by atoms with Crippen LogP contribution in [0, 0.1) is 6.92 Å². The second-order valence-electron chi connectivity index (χ2n) is 6.92. The number of carbonyl (C=O) groups excluding carboxylic acids is 1. The molecule has 0 saturated carbocycles. The standard InChI is InChI=1S/C24H20ClN5OS/c1-17-7-5-6-10-19(17)15-26-27-22(31)16-32-24-29-28-23(18-8-3-2-4-9-18)30(24)21-13-11-20(25)12-14-21/h2-15H,16H2,1H3,(H,27,31)/b26-15+. The van der Waals surface area contributed by atoms with Crippen LogP contribution in [0.2, 0.25) is 5.02 Å². The molecular weight excluding hydrogens is 442 g/mol. The van der Waals surface area contributed by atoms with E-state index in [9.17, 15) is 4.79 Å². The van der Waals surface area contributed by atoms with E-state index in [0.29, 0.717) is 16.0 Å². The van der Waals surface area contributed by atoms with Gasteiger partial charge in [0.2, 0.25) is 0 Å². The quantitative estimate of drug-likeness (QED) is 0.235. The molecule has 0 spiro atoms. The largest absolute Gasteiger partial charge is 0.272 e. The molecule has 0 bridgehead atoms. The molecule has 8 heteroatoms. The first-order valence-electron chi connectivity index (χ1n) is 9.89. The average molecular weight is 462 g/mol. The number of carbonyl (C=O) groups is 1. The molecule has 1 aromatic heterocycles. The third kappa shape index (κ3) is 5.25. The number of aromatic nitrogens is 3. The zero-order valence-electron chi connectivity index (χ0n) is 17.3. The van der Waals surface area contributed by atoms with E-state index >= 15 is 0 Å². The maximum Gasteiger partial charge on any atom is 0.250 e. The summed E-state index contributed by atoms with van der Waals surface area (Å²) in [6.07, 6.45) is 1.64. The predicted molar refractivity (Wildman–Crippen MR) is 129 cm³/mol. The van der Waals surface area contributed by atoms with Crippen molar-refractivity contribution < 1.29 is 4.79 Å². The van der Waals surface area contributed by atoms with Gasteiger partial charge in [0, 0.05) is 16.3 Å². The van der Waals surface area contributed by atoms with Crippen LogP contribution in [-0.2, 0) is 4.79 Å². The predicted octanol–water partition coefficient (Wildman–Crippen LogP) is 5.14. The van der Waals surface area contributed by atoms with E-state index in [1.165, 1.54) is 11.8 Å². The Morgan fingerprint density at radius 1 is 1.03 bits per heavy atom. The fourth-order valence-corrected chi connectivity index (χ4v) is 3.90. The summed E-state index contributed by atoms with van der Waals surface area (Å²) in [5, 5.41) is 14.0. The smallest absolute Gasteiger partial charge is 0.250 e. The van der Waals surface area contributed by atoms with Crippen molar-refractivity contribution in [1.29, 1.82) is 0 Å². The normalized spacial score (nSPS) is 11.1. The number of nitrogens with zero attached hydrogens (tertiary/aromatic N) is 4. The van der Waals surface area contributed by atoms with Gasteiger partial charge in [-0.25, -0.2) is 5.43 Å². The van der Waals surface area contributed by atoms with Crippen molar-refractivity contribution in [1.82, 2.24) is 20.2 Å². The molecule has 0 unspecified atom stereocenters. The van der Waals surface area contributed by atoms with Crippen LogP contribution >= 0.6 is 23.4 Å². The van der Waals surface area contributed by atoms with E-state index in [4.69, 9.17) is 11.6 Å². The number of amides is 1. The van der Waals surface area contributed by atoms with E-state index in [1.54, 1.807) is 6.21 Å². The highest BCUT2D eigenvalue weighted by atomic mass is 35.5. The van der Waals surface area contributed by atoms with Gasteiger partial charge in [-0.2, -0.15) is 5.10 Å². The minimum absolute atomic E-state index is 0.144. The van der Waals surface area contributed by atoms with Gasteiger partial charge in [0.15, 0.2) is 11.0 Å². The van der Waals surface area contributed by atoms with Gasteiger partial charge in [-0.3, -0.25) is 9.36 Å². The Labute approximate surface area is 195 Å². The van der Waals surface area contributed by atoms with E-state index in [-0.39, 0.29) is 11.7 Å². The highest BCUT2D eigenvalue weighted by molar-refractivity contribution is 7.99. The summed E-state index contributed by atoms with van der Waals surface area (Å²) in [5.41, 5.74) is 6.40. The second-order valence-corrected chi connectivity index (χ2v) is 8.30. The molecule has 0 aliphatic carbocycles. The lowest BCUT2D eigenvalue weighted by Gasteiger charge is -2.10. The van der Waals surface area contributed by atoms with E-state index < -0.39 is 0 Å². The van der Waals surface area contributed by atoms with Crippen LogP contribution in [0.4, 0.5) is 0 Å². The molecule has 160 valence electrons. The molecule has 0 aliphatic heterocycles. The summed E-state index contributed by atoms with van der Waals surface area (Å²) in [5.74, 6) is 0.603. The zero-order valence-corrected chi connectivity index (χ0v) is 18.8. The number of aryl methyl sites for hydroxylation is 1. The summed E-state index contributed by atoms with van der Waals surface area (Å²) < 4.78 is 1.92. The van der Waals surface area contributed by atoms with Crippen molar-refractivity contribution >= 4 is 35.5 Å². The monoisotopic (exact) mass is 461 g/mol. The van der Waals surface area contributed by atoms with Crippen LogP contribution in [0.3, 0.4) is 0 Å². The molecule has 1 heterocycles. The third-order valence-corrected chi connectivity index (χ3v) is 5.84. The van der Waals surface area contributed by atoms with Gasteiger partial charge < -0.3 is 0 Å². The first kappa shape index (κ1) is 21.8. The molecule has 6 nitrogen and oxygen atoms in total. The SMILES string of the molecule is Cc1ccccc1/C=N/NC(=O)CSc1nnc(-c2ccccc2)n1-c1ccc(Cl)cc1. The van der Waals surface area contributed by atoms with Crippen molar-refractivity contribution in [3.05, 3.63) is 95.0 Å². The Balaban J connectivity index is 1.51. The number of rotatable bonds is 7. The first-order chi connectivity index (χ1) is 15.6. The Kier molecular flexibility index (Phi) is 6.99. The van der Waals surface area contributed by atoms with Crippen LogP contribution in [0.1, 0.15) is 11.1 Å². The zero-order chi connectivity index (χ0) is 22.3. The number of hydrogen-bond donors (Lipinski definition) is 1. The molecule has 0 aliphatic rings. The Bertz CT molecular complexity index is 1240. The van der Waals surface area contributed by atoms with E-state index in [0.717, 1.165) is 22.4 Å². The van der Waals surface area contributed by atoms with Crippen molar-refractivity contribution in [2.75, 3.05) is 5.75 Å². The fourth-order valence-electron chi connectivity index (χ4n) is 3.03. The van der Waals surface area contributed by atoms with Gasteiger partial charge in [-0.1, -0.05) is 78.0 Å². The Morgan fingerprint density at radius 3 is 2.50 bits per heavy atom.